The molecule has 1 aromatic heterocycles. The lowest BCUT2D eigenvalue weighted by Crippen LogP contribution is -2.39. The fourth-order valence-corrected chi connectivity index (χ4v) is 6.58. The molecule has 1 fully saturated rings. The van der Waals surface area contributed by atoms with Crippen LogP contribution in [0.15, 0.2) is 53.4 Å². The van der Waals surface area contributed by atoms with Crippen molar-refractivity contribution in [3.63, 3.8) is 0 Å². The number of para-hydroxylation sites is 1. The second kappa shape index (κ2) is 7.13. The monoisotopic (exact) mass is 426 g/mol. The standard InChI is InChI=1S/C19H17F3N2O2S2/c20-19(21,22)13-7-1-4-11-17(13)28(25,26)24-12-6-5-9-15(24)18-23-14-8-2-3-10-16(14)27-18/h1-4,7-8,10-11,15H,5-6,9,12H2. The van der Waals surface area contributed by atoms with Crippen molar-refractivity contribution >= 4 is 31.6 Å². The van der Waals surface area contributed by atoms with E-state index in [-0.39, 0.29) is 6.54 Å². The van der Waals surface area contributed by atoms with E-state index in [1.165, 1.54) is 27.8 Å². The summed E-state index contributed by atoms with van der Waals surface area (Å²) in [7, 11) is -4.33. The van der Waals surface area contributed by atoms with Crippen LogP contribution in [0.5, 0.6) is 0 Å². The van der Waals surface area contributed by atoms with Gasteiger partial charge in [0.05, 0.1) is 26.7 Å². The van der Waals surface area contributed by atoms with E-state index in [2.05, 4.69) is 4.98 Å². The average molecular weight is 426 g/mol. The zero-order valence-corrected chi connectivity index (χ0v) is 16.3. The molecule has 9 heteroatoms. The number of nitrogens with zero attached hydrogens (tertiary/aromatic N) is 2. The molecule has 1 aliphatic heterocycles. The highest BCUT2D eigenvalue weighted by molar-refractivity contribution is 7.89. The normalized spacial score (nSPS) is 19.2. The number of rotatable bonds is 3. The van der Waals surface area contributed by atoms with Gasteiger partial charge in [-0.3, -0.25) is 0 Å². The molecule has 28 heavy (non-hydrogen) atoms. The fourth-order valence-electron chi connectivity index (χ4n) is 3.52. The van der Waals surface area contributed by atoms with Gasteiger partial charge in [-0.2, -0.15) is 17.5 Å². The van der Waals surface area contributed by atoms with Gasteiger partial charge in [0.25, 0.3) is 0 Å². The van der Waals surface area contributed by atoms with Gasteiger partial charge in [0.2, 0.25) is 10.0 Å². The van der Waals surface area contributed by atoms with Gasteiger partial charge >= 0.3 is 6.18 Å². The number of alkyl halides is 3. The highest BCUT2D eigenvalue weighted by Gasteiger charge is 2.42. The summed E-state index contributed by atoms with van der Waals surface area (Å²) in [5.41, 5.74) is -0.371. The molecular weight excluding hydrogens is 409 g/mol. The number of piperidine rings is 1. The Morgan fingerprint density at radius 3 is 2.50 bits per heavy atom. The first-order valence-electron chi connectivity index (χ1n) is 8.82. The summed E-state index contributed by atoms with van der Waals surface area (Å²) < 4.78 is 68.9. The maximum Gasteiger partial charge on any atom is 0.417 e. The third kappa shape index (κ3) is 3.42. The van der Waals surface area contributed by atoms with Crippen molar-refractivity contribution < 1.29 is 21.6 Å². The van der Waals surface area contributed by atoms with E-state index in [4.69, 9.17) is 0 Å². The van der Waals surface area contributed by atoms with Crippen molar-refractivity contribution in [2.24, 2.45) is 0 Å². The van der Waals surface area contributed by atoms with E-state index < -0.39 is 32.7 Å². The predicted octanol–water partition coefficient (Wildman–Crippen LogP) is 5.23. The van der Waals surface area contributed by atoms with Crippen LogP contribution in [0.3, 0.4) is 0 Å². The van der Waals surface area contributed by atoms with Crippen molar-refractivity contribution in [3.8, 4) is 0 Å². The Kier molecular flexibility index (Phi) is 4.93. The zero-order valence-electron chi connectivity index (χ0n) is 14.7. The Balaban J connectivity index is 1.79. The number of benzene rings is 2. The first-order chi connectivity index (χ1) is 13.3. The van der Waals surface area contributed by atoms with E-state index in [9.17, 15) is 21.6 Å². The quantitative estimate of drug-likeness (QED) is 0.576. The van der Waals surface area contributed by atoms with Crippen LogP contribution in [0, 0.1) is 0 Å². The van der Waals surface area contributed by atoms with Crippen LogP contribution in [0.4, 0.5) is 13.2 Å². The molecule has 0 saturated carbocycles. The molecule has 4 nitrogen and oxygen atoms in total. The van der Waals surface area contributed by atoms with E-state index in [1.54, 1.807) is 0 Å². The summed E-state index contributed by atoms with van der Waals surface area (Å²) in [5, 5.41) is 0.619. The zero-order chi connectivity index (χ0) is 19.9. The van der Waals surface area contributed by atoms with E-state index in [0.29, 0.717) is 17.8 Å². The molecule has 0 spiro atoms. The molecule has 0 radical (unpaired) electrons. The molecule has 0 amide bonds. The van der Waals surface area contributed by atoms with Crippen molar-refractivity contribution in [1.82, 2.24) is 9.29 Å². The minimum absolute atomic E-state index is 0.176. The maximum absolute atomic E-state index is 13.4. The maximum atomic E-state index is 13.4. The van der Waals surface area contributed by atoms with E-state index in [0.717, 1.165) is 28.8 Å². The lowest BCUT2D eigenvalue weighted by atomic mass is 10.1. The average Bonchev–Trinajstić information content (AvgIpc) is 3.11. The molecule has 3 aromatic rings. The van der Waals surface area contributed by atoms with Gasteiger partial charge in [-0.15, -0.1) is 11.3 Å². The minimum Gasteiger partial charge on any atom is -0.239 e. The number of fused-ring (bicyclic) bond motifs is 1. The molecule has 0 N–H and O–H groups in total. The van der Waals surface area contributed by atoms with Crippen LogP contribution in [-0.2, 0) is 16.2 Å². The van der Waals surface area contributed by atoms with Crippen LogP contribution >= 0.6 is 11.3 Å². The summed E-state index contributed by atoms with van der Waals surface area (Å²) in [6, 6.07) is 11.3. The third-order valence-corrected chi connectivity index (χ3v) is 7.93. The Morgan fingerprint density at radius 2 is 1.75 bits per heavy atom. The van der Waals surface area contributed by atoms with Crippen molar-refractivity contribution in [3.05, 3.63) is 59.1 Å². The summed E-state index contributed by atoms with van der Waals surface area (Å²) in [4.78, 5) is 3.86. The van der Waals surface area contributed by atoms with Crippen LogP contribution < -0.4 is 0 Å². The molecular formula is C19H17F3N2O2S2. The molecule has 0 aliphatic carbocycles. The molecule has 0 bridgehead atoms. The number of sulfonamides is 1. The number of aromatic nitrogens is 1. The summed E-state index contributed by atoms with van der Waals surface area (Å²) in [6.45, 7) is 0.176. The second-order valence-corrected chi connectivity index (χ2v) is 9.56. The Labute approximate surface area is 164 Å². The van der Waals surface area contributed by atoms with Gasteiger partial charge in [0.1, 0.15) is 5.01 Å². The van der Waals surface area contributed by atoms with Crippen LogP contribution in [-0.4, -0.2) is 24.3 Å². The summed E-state index contributed by atoms with van der Waals surface area (Å²) in [5.74, 6) is 0. The number of thiazole rings is 1. The fraction of sp³-hybridized carbons (Fsp3) is 0.316. The van der Waals surface area contributed by atoms with Crippen LogP contribution in [0.25, 0.3) is 10.2 Å². The van der Waals surface area contributed by atoms with Gasteiger partial charge in [0, 0.05) is 6.54 Å². The van der Waals surface area contributed by atoms with Gasteiger partial charge < -0.3 is 0 Å². The first-order valence-corrected chi connectivity index (χ1v) is 11.1. The smallest absolute Gasteiger partial charge is 0.239 e. The second-order valence-electron chi connectivity index (χ2n) is 6.64. The molecule has 4 rings (SSSR count). The van der Waals surface area contributed by atoms with Crippen molar-refractivity contribution in [2.75, 3.05) is 6.54 Å². The highest BCUT2D eigenvalue weighted by Crippen LogP contribution is 2.41. The van der Waals surface area contributed by atoms with Gasteiger partial charge in [-0.1, -0.05) is 30.7 Å². The molecule has 1 unspecified atom stereocenters. The van der Waals surface area contributed by atoms with E-state index in [1.807, 2.05) is 24.3 Å². The molecule has 1 aliphatic rings. The first kappa shape index (κ1) is 19.4. The molecule has 2 aromatic carbocycles. The topological polar surface area (TPSA) is 50.3 Å². The minimum atomic E-state index is -4.75. The number of hydrogen-bond acceptors (Lipinski definition) is 4. The Morgan fingerprint density at radius 1 is 1.04 bits per heavy atom. The SMILES string of the molecule is O=S(=O)(c1ccccc1C(F)(F)F)N1CCCCC1c1nc2ccccc2s1. The largest absolute Gasteiger partial charge is 0.417 e. The van der Waals surface area contributed by atoms with Gasteiger partial charge in [-0.05, 0) is 37.1 Å². The number of hydrogen-bond donors (Lipinski definition) is 0. The lowest BCUT2D eigenvalue weighted by molar-refractivity contribution is -0.139. The third-order valence-electron chi connectivity index (χ3n) is 4.83. The van der Waals surface area contributed by atoms with Crippen LogP contribution in [0.2, 0.25) is 0 Å². The molecule has 148 valence electrons. The summed E-state index contributed by atoms with van der Waals surface area (Å²) >= 11 is 1.39. The van der Waals surface area contributed by atoms with Crippen LogP contribution in [0.1, 0.15) is 35.9 Å². The van der Waals surface area contributed by atoms with Crippen molar-refractivity contribution in [2.45, 2.75) is 36.4 Å². The highest BCUT2D eigenvalue weighted by atomic mass is 32.2. The molecule has 1 saturated heterocycles. The Hall–Kier alpha value is -1.97. The lowest BCUT2D eigenvalue weighted by Gasteiger charge is -2.34. The molecule has 2 heterocycles. The molecule has 1 atom stereocenters. The van der Waals surface area contributed by atoms with Crippen molar-refractivity contribution in [1.29, 1.82) is 0 Å². The van der Waals surface area contributed by atoms with Gasteiger partial charge in [0.15, 0.2) is 0 Å². The number of halogens is 3. The van der Waals surface area contributed by atoms with Gasteiger partial charge in [-0.25, -0.2) is 13.4 Å². The summed E-state index contributed by atoms with van der Waals surface area (Å²) in [6.07, 6.45) is -2.81. The Bertz CT molecular complexity index is 1080. The predicted molar refractivity (Wildman–Crippen MR) is 102 cm³/mol. The van der Waals surface area contributed by atoms with E-state index >= 15 is 0 Å².